The van der Waals surface area contributed by atoms with Gasteiger partial charge in [-0.1, -0.05) is 43.7 Å². The Balaban J connectivity index is 2.05. The first-order valence-corrected chi connectivity index (χ1v) is 13.8. The Kier molecular flexibility index (Phi) is 9.75. The summed E-state index contributed by atoms with van der Waals surface area (Å²) in [4.78, 5) is 44.2. The van der Waals surface area contributed by atoms with E-state index in [1.807, 2.05) is 58.9 Å². The minimum atomic E-state index is -0.799. The monoisotopic (exact) mass is 537 g/mol. The van der Waals surface area contributed by atoms with Crippen molar-refractivity contribution in [2.24, 2.45) is 11.8 Å². The van der Waals surface area contributed by atoms with E-state index in [0.717, 1.165) is 45.6 Å². The van der Waals surface area contributed by atoms with Crippen LogP contribution in [0.1, 0.15) is 75.5 Å². The van der Waals surface area contributed by atoms with Crippen LogP contribution in [0.2, 0.25) is 0 Å². The molecule has 0 atom stereocenters. The molecule has 0 saturated carbocycles. The van der Waals surface area contributed by atoms with Crippen LogP contribution in [-0.2, 0) is 33.7 Å². The zero-order valence-electron chi connectivity index (χ0n) is 24.4. The molecule has 1 saturated heterocycles. The summed E-state index contributed by atoms with van der Waals surface area (Å²) in [6, 6.07) is 8.18. The number of hydrogen-bond acceptors (Lipinski definition) is 5. The van der Waals surface area contributed by atoms with E-state index in [9.17, 15) is 19.5 Å². The summed E-state index contributed by atoms with van der Waals surface area (Å²) >= 11 is 0. The highest BCUT2D eigenvalue weighted by molar-refractivity contribution is 5.84. The lowest BCUT2D eigenvalue weighted by atomic mass is 9.88. The van der Waals surface area contributed by atoms with E-state index >= 15 is 0 Å². The minimum absolute atomic E-state index is 0.0419. The van der Waals surface area contributed by atoms with E-state index in [4.69, 9.17) is 9.72 Å². The minimum Gasteiger partial charge on any atom is -0.481 e. The number of carbonyl (C=O) groups excluding carboxylic acids is 2. The number of rotatable bonds is 8. The van der Waals surface area contributed by atoms with Gasteiger partial charge in [-0.05, 0) is 76.5 Å². The number of aromatic nitrogens is 1. The van der Waals surface area contributed by atoms with Gasteiger partial charge in [-0.25, -0.2) is 4.79 Å². The van der Waals surface area contributed by atoms with Crippen molar-refractivity contribution in [1.82, 2.24) is 15.2 Å². The molecular formula is C31H43N3O5. The second kappa shape index (κ2) is 12.6. The van der Waals surface area contributed by atoms with E-state index < -0.39 is 23.6 Å². The lowest BCUT2D eigenvalue weighted by Gasteiger charge is -2.31. The van der Waals surface area contributed by atoms with Crippen LogP contribution in [0.3, 0.4) is 0 Å². The Morgan fingerprint density at radius 1 is 1.08 bits per heavy atom. The molecule has 1 aromatic carbocycles. The molecule has 212 valence electrons. The van der Waals surface area contributed by atoms with Gasteiger partial charge in [0.1, 0.15) is 5.60 Å². The number of hydrogen-bond donors (Lipinski definition) is 2. The van der Waals surface area contributed by atoms with Crippen LogP contribution in [0.5, 0.6) is 0 Å². The largest absolute Gasteiger partial charge is 0.481 e. The average Bonchev–Trinajstić information content (AvgIpc) is 2.84. The summed E-state index contributed by atoms with van der Waals surface area (Å²) in [5, 5.41) is 12.3. The molecule has 1 fully saturated rings. The summed E-state index contributed by atoms with van der Waals surface area (Å²) in [5.41, 5.74) is 5.78. The summed E-state index contributed by atoms with van der Waals surface area (Å²) in [6.45, 7) is 14.8. The van der Waals surface area contributed by atoms with Gasteiger partial charge in [0.05, 0.1) is 12.3 Å². The third kappa shape index (κ3) is 8.28. The molecule has 8 heteroatoms. The Bertz CT molecular complexity index is 1190. The van der Waals surface area contributed by atoms with Crippen molar-refractivity contribution in [3.63, 3.8) is 0 Å². The number of carboxylic acid groups (broad SMARTS) is 1. The molecule has 0 aliphatic carbocycles. The van der Waals surface area contributed by atoms with Crippen LogP contribution in [0, 0.1) is 25.7 Å². The Labute approximate surface area is 232 Å². The first-order valence-electron chi connectivity index (χ1n) is 13.8. The topological polar surface area (TPSA) is 109 Å². The summed E-state index contributed by atoms with van der Waals surface area (Å²) < 4.78 is 5.49. The normalized spacial score (nSPS) is 14.4. The number of pyridine rings is 1. The maximum Gasteiger partial charge on any atom is 0.407 e. The maximum atomic E-state index is 13.5. The Morgan fingerprint density at radius 3 is 2.23 bits per heavy atom. The number of aryl methyl sites for hydroxylation is 2. The van der Waals surface area contributed by atoms with Crippen molar-refractivity contribution in [3.8, 4) is 11.1 Å². The fourth-order valence-corrected chi connectivity index (χ4v) is 4.99. The number of carboxylic acids is 1. The van der Waals surface area contributed by atoms with E-state index in [-0.39, 0.29) is 18.9 Å². The number of nitrogens with one attached hydrogen (secondary N) is 1. The number of likely N-dealkylation sites (tertiary alicyclic amines) is 1. The molecule has 39 heavy (non-hydrogen) atoms. The molecule has 0 unspecified atom stereocenters. The molecule has 8 nitrogen and oxygen atoms in total. The molecule has 0 radical (unpaired) electrons. The highest BCUT2D eigenvalue weighted by atomic mass is 16.6. The number of nitrogens with zero attached hydrogens (tertiary/aromatic N) is 2. The first kappa shape index (κ1) is 30.1. The standard InChI is InChI=1S/C31H43N3O5/c1-19(2)16-26-25(18-32-30(38)39-31(5,6)7)28(22-10-8-20(3)9-11-22)24(21(4)33-26)17-27(35)34-14-12-23(13-15-34)29(36)37/h8-11,19,23H,12-18H2,1-7H3,(H,32,38)(H,36,37). The maximum absolute atomic E-state index is 13.5. The Hall–Kier alpha value is -3.42. The number of amides is 2. The zero-order valence-corrected chi connectivity index (χ0v) is 24.4. The van der Waals surface area contributed by atoms with Crippen LogP contribution in [0.15, 0.2) is 24.3 Å². The number of aliphatic carboxylic acids is 1. The molecule has 2 aromatic rings. The number of carbonyl (C=O) groups is 3. The number of alkyl carbamates (subject to hydrolysis) is 1. The Morgan fingerprint density at radius 2 is 1.69 bits per heavy atom. The number of benzene rings is 1. The van der Waals surface area contributed by atoms with Crippen LogP contribution < -0.4 is 5.32 Å². The average molecular weight is 538 g/mol. The molecule has 2 amide bonds. The van der Waals surface area contributed by atoms with Crippen molar-refractivity contribution in [2.45, 2.75) is 86.3 Å². The van der Waals surface area contributed by atoms with Gasteiger partial charge in [0, 0.05) is 36.6 Å². The molecule has 0 spiro atoms. The molecule has 1 aliphatic rings. The van der Waals surface area contributed by atoms with Crippen molar-refractivity contribution < 1.29 is 24.2 Å². The van der Waals surface area contributed by atoms with Crippen LogP contribution in [0.4, 0.5) is 4.79 Å². The number of piperidine rings is 1. The van der Waals surface area contributed by atoms with Gasteiger partial charge in [-0.15, -0.1) is 0 Å². The SMILES string of the molecule is Cc1ccc(-c2c(CC(=O)N3CCC(C(=O)O)CC3)c(C)nc(CC(C)C)c2CNC(=O)OC(C)(C)C)cc1. The summed E-state index contributed by atoms with van der Waals surface area (Å²) in [7, 11) is 0. The van der Waals surface area contributed by atoms with Crippen LogP contribution in [-0.4, -0.2) is 51.7 Å². The number of ether oxygens (including phenoxy) is 1. The quantitative estimate of drug-likeness (QED) is 0.463. The van der Waals surface area contributed by atoms with Crippen molar-refractivity contribution in [1.29, 1.82) is 0 Å². The molecule has 1 aliphatic heterocycles. The predicted octanol–water partition coefficient (Wildman–Crippen LogP) is 5.45. The highest BCUT2D eigenvalue weighted by Crippen LogP contribution is 2.34. The third-order valence-corrected chi connectivity index (χ3v) is 6.97. The third-order valence-electron chi connectivity index (χ3n) is 6.97. The first-order chi connectivity index (χ1) is 18.2. The molecule has 0 bridgehead atoms. The van der Waals surface area contributed by atoms with Gasteiger partial charge in [0.25, 0.3) is 0 Å². The van der Waals surface area contributed by atoms with Gasteiger partial charge >= 0.3 is 12.1 Å². The van der Waals surface area contributed by atoms with Gasteiger partial charge < -0.3 is 20.1 Å². The van der Waals surface area contributed by atoms with Crippen molar-refractivity contribution in [3.05, 3.63) is 52.3 Å². The molecule has 2 N–H and O–H groups in total. The van der Waals surface area contributed by atoms with Gasteiger partial charge in [0.2, 0.25) is 5.91 Å². The lowest BCUT2D eigenvalue weighted by Crippen LogP contribution is -2.41. The summed E-state index contributed by atoms with van der Waals surface area (Å²) in [5.74, 6) is -0.904. The molecule has 2 heterocycles. The second-order valence-corrected chi connectivity index (χ2v) is 12.0. The summed E-state index contributed by atoms with van der Waals surface area (Å²) in [6.07, 6.45) is 1.29. The van der Waals surface area contributed by atoms with Crippen molar-refractivity contribution >= 4 is 18.0 Å². The smallest absolute Gasteiger partial charge is 0.407 e. The van der Waals surface area contributed by atoms with Gasteiger partial charge in [-0.2, -0.15) is 0 Å². The highest BCUT2D eigenvalue weighted by Gasteiger charge is 2.29. The molecule has 1 aromatic heterocycles. The van der Waals surface area contributed by atoms with Crippen molar-refractivity contribution in [2.75, 3.05) is 13.1 Å². The van der Waals surface area contributed by atoms with Crippen LogP contribution >= 0.6 is 0 Å². The van der Waals surface area contributed by atoms with E-state index in [2.05, 4.69) is 19.2 Å². The van der Waals surface area contributed by atoms with E-state index in [1.165, 1.54) is 0 Å². The molecule has 3 rings (SSSR count). The second-order valence-electron chi connectivity index (χ2n) is 12.0. The van der Waals surface area contributed by atoms with E-state index in [1.54, 1.807) is 4.90 Å². The van der Waals surface area contributed by atoms with Gasteiger partial charge in [-0.3, -0.25) is 14.6 Å². The predicted molar refractivity (Wildman–Crippen MR) is 151 cm³/mol. The fraction of sp³-hybridized carbons (Fsp3) is 0.548. The fourth-order valence-electron chi connectivity index (χ4n) is 4.99. The van der Waals surface area contributed by atoms with Crippen LogP contribution in [0.25, 0.3) is 11.1 Å². The van der Waals surface area contributed by atoms with E-state index in [0.29, 0.717) is 31.8 Å². The van der Waals surface area contributed by atoms with Gasteiger partial charge in [0.15, 0.2) is 0 Å². The zero-order chi connectivity index (χ0) is 28.9. The lowest BCUT2D eigenvalue weighted by molar-refractivity contribution is -0.145. The molecular weight excluding hydrogens is 494 g/mol.